The summed E-state index contributed by atoms with van der Waals surface area (Å²) in [7, 11) is 0. The van der Waals surface area contributed by atoms with Crippen molar-refractivity contribution in [3.63, 3.8) is 0 Å². The van der Waals surface area contributed by atoms with E-state index in [0.29, 0.717) is 6.42 Å². The lowest BCUT2D eigenvalue weighted by molar-refractivity contribution is -0.137. The molecule has 0 amide bonds. The van der Waals surface area contributed by atoms with Gasteiger partial charge in [-0.2, -0.15) is 0 Å². The second-order valence-corrected chi connectivity index (χ2v) is 6.20. The summed E-state index contributed by atoms with van der Waals surface area (Å²) in [5.74, 6) is 0.151. The van der Waals surface area contributed by atoms with E-state index in [4.69, 9.17) is 5.11 Å². The second-order valence-electron chi connectivity index (χ2n) is 6.20. The van der Waals surface area contributed by atoms with Gasteiger partial charge in [-0.15, -0.1) is 0 Å². The lowest BCUT2D eigenvalue weighted by Crippen LogP contribution is -1.93. The van der Waals surface area contributed by atoms with Crippen molar-refractivity contribution < 1.29 is 9.90 Å². The molecule has 2 nitrogen and oxygen atoms in total. The van der Waals surface area contributed by atoms with Gasteiger partial charge in [-0.05, 0) is 44.4 Å². The number of hydrogen-bond donors (Lipinski definition) is 1. The fourth-order valence-electron chi connectivity index (χ4n) is 2.22. The van der Waals surface area contributed by atoms with Crippen LogP contribution in [0.4, 0.5) is 0 Å². The Morgan fingerprint density at radius 3 is 2.05 bits per heavy atom. The summed E-state index contributed by atoms with van der Waals surface area (Å²) in [6.07, 6.45) is 20.9. The molecule has 0 rings (SSSR count). The van der Waals surface area contributed by atoms with Gasteiger partial charge < -0.3 is 5.11 Å². The summed E-state index contributed by atoms with van der Waals surface area (Å²) >= 11 is 0. The zero-order chi connectivity index (χ0) is 15.8. The van der Waals surface area contributed by atoms with Gasteiger partial charge in [-0.1, -0.05) is 63.8 Å². The van der Waals surface area contributed by atoms with Crippen molar-refractivity contribution in [3.8, 4) is 0 Å². The van der Waals surface area contributed by atoms with Gasteiger partial charge in [-0.3, -0.25) is 4.79 Å². The van der Waals surface area contributed by atoms with Crippen molar-refractivity contribution >= 4 is 5.97 Å². The van der Waals surface area contributed by atoms with Gasteiger partial charge in [0.05, 0.1) is 0 Å². The van der Waals surface area contributed by atoms with E-state index in [2.05, 4.69) is 38.2 Å². The molecule has 0 aliphatic rings. The SMILES string of the molecule is CC(C)CCC/C=C\C/C=C\CCCCCCCC(=O)O. The number of rotatable bonds is 14. The van der Waals surface area contributed by atoms with Crippen LogP contribution in [0.3, 0.4) is 0 Å². The molecular weight excluding hydrogens is 260 g/mol. The molecule has 2 heteroatoms. The predicted octanol–water partition coefficient (Wildman–Crippen LogP) is 6.13. The lowest BCUT2D eigenvalue weighted by atomic mass is 10.1. The van der Waals surface area contributed by atoms with Crippen LogP contribution in [0.2, 0.25) is 0 Å². The van der Waals surface area contributed by atoms with Crippen molar-refractivity contribution in [1.82, 2.24) is 0 Å². The summed E-state index contributed by atoms with van der Waals surface area (Å²) in [5.41, 5.74) is 0. The van der Waals surface area contributed by atoms with Gasteiger partial charge in [0.2, 0.25) is 0 Å². The Kier molecular flexibility index (Phi) is 14.6. The third-order valence-corrected chi connectivity index (χ3v) is 3.52. The van der Waals surface area contributed by atoms with E-state index in [9.17, 15) is 4.79 Å². The first-order valence-corrected chi connectivity index (χ1v) is 8.64. The number of hydrogen-bond acceptors (Lipinski definition) is 1. The molecule has 0 atom stereocenters. The molecular formula is C19H34O2. The number of unbranched alkanes of at least 4 members (excludes halogenated alkanes) is 6. The third-order valence-electron chi connectivity index (χ3n) is 3.52. The highest BCUT2D eigenvalue weighted by molar-refractivity contribution is 5.66. The highest BCUT2D eigenvalue weighted by Gasteiger charge is 1.95. The van der Waals surface area contributed by atoms with Gasteiger partial charge in [-0.25, -0.2) is 0 Å². The molecule has 0 unspecified atom stereocenters. The van der Waals surface area contributed by atoms with Gasteiger partial charge >= 0.3 is 5.97 Å². The monoisotopic (exact) mass is 294 g/mol. The van der Waals surface area contributed by atoms with Gasteiger partial charge in [0, 0.05) is 6.42 Å². The van der Waals surface area contributed by atoms with Crippen molar-refractivity contribution in [3.05, 3.63) is 24.3 Å². The predicted molar refractivity (Wildman–Crippen MR) is 91.5 cm³/mol. The average Bonchev–Trinajstić information content (AvgIpc) is 2.42. The fourth-order valence-corrected chi connectivity index (χ4v) is 2.22. The van der Waals surface area contributed by atoms with E-state index >= 15 is 0 Å². The molecule has 0 aromatic heterocycles. The zero-order valence-electron chi connectivity index (χ0n) is 14.0. The van der Waals surface area contributed by atoms with Crippen LogP contribution in [-0.2, 0) is 4.79 Å². The largest absolute Gasteiger partial charge is 0.481 e. The Bertz CT molecular complexity index is 290. The van der Waals surface area contributed by atoms with Crippen LogP contribution in [0.5, 0.6) is 0 Å². The molecule has 0 saturated heterocycles. The Balaban J connectivity index is 3.22. The minimum atomic E-state index is -0.671. The van der Waals surface area contributed by atoms with Crippen LogP contribution in [0.1, 0.15) is 84.5 Å². The first-order chi connectivity index (χ1) is 10.1. The molecule has 0 heterocycles. The second kappa shape index (κ2) is 15.3. The Morgan fingerprint density at radius 1 is 0.857 bits per heavy atom. The summed E-state index contributed by atoms with van der Waals surface area (Å²) in [6, 6.07) is 0. The van der Waals surface area contributed by atoms with E-state index < -0.39 is 5.97 Å². The zero-order valence-corrected chi connectivity index (χ0v) is 14.0. The van der Waals surface area contributed by atoms with Crippen molar-refractivity contribution in [2.75, 3.05) is 0 Å². The minimum absolute atomic E-state index is 0.323. The highest BCUT2D eigenvalue weighted by atomic mass is 16.4. The Morgan fingerprint density at radius 2 is 1.43 bits per heavy atom. The minimum Gasteiger partial charge on any atom is -0.481 e. The number of carbonyl (C=O) groups is 1. The van der Waals surface area contributed by atoms with Crippen LogP contribution >= 0.6 is 0 Å². The van der Waals surface area contributed by atoms with Crippen LogP contribution < -0.4 is 0 Å². The van der Waals surface area contributed by atoms with Gasteiger partial charge in [0.25, 0.3) is 0 Å². The summed E-state index contributed by atoms with van der Waals surface area (Å²) in [4.78, 5) is 10.3. The normalized spacial score (nSPS) is 12.0. The summed E-state index contributed by atoms with van der Waals surface area (Å²) in [5, 5.41) is 8.51. The Labute approximate surface area is 131 Å². The van der Waals surface area contributed by atoms with Crippen LogP contribution in [0.15, 0.2) is 24.3 Å². The van der Waals surface area contributed by atoms with Crippen LogP contribution in [0.25, 0.3) is 0 Å². The fraction of sp³-hybridized carbons (Fsp3) is 0.737. The van der Waals surface area contributed by atoms with E-state index in [1.165, 1.54) is 32.1 Å². The van der Waals surface area contributed by atoms with E-state index in [0.717, 1.165) is 38.0 Å². The molecule has 0 aliphatic heterocycles. The average molecular weight is 294 g/mol. The van der Waals surface area contributed by atoms with Gasteiger partial charge in [0.1, 0.15) is 0 Å². The molecule has 0 fully saturated rings. The maximum atomic E-state index is 10.3. The molecule has 0 saturated carbocycles. The van der Waals surface area contributed by atoms with Crippen LogP contribution in [0, 0.1) is 5.92 Å². The Hall–Kier alpha value is -1.05. The van der Waals surface area contributed by atoms with Gasteiger partial charge in [0.15, 0.2) is 0 Å². The van der Waals surface area contributed by atoms with Crippen molar-refractivity contribution in [2.24, 2.45) is 5.92 Å². The number of carboxylic acid groups (broad SMARTS) is 1. The molecule has 0 bridgehead atoms. The third kappa shape index (κ3) is 18.9. The van der Waals surface area contributed by atoms with Crippen molar-refractivity contribution in [1.29, 1.82) is 0 Å². The maximum absolute atomic E-state index is 10.3. The molecule has 21 heavy (non-hydrogen) atoms. The van der Waals surface area contributed by atoms with E-state index in [1.54, 1.807) is 0 Å². The molecule has 0 aromatic rings. The molecule has 0 aliphatic carbocycles. The topological polar surface area (TPSA) is 37.3 Å². The summed E-state index contributed by atoms with van der Waals surface area (Å²) < 4.78 is 0. The van der Waals surface area contributed by atoms with Crippen molar-refractivity contribution in [2.45, 2.75) is 84.5 Å². The number of carboxylic acids is 1. The lowest BCUT2D eigenvalue weighted by Gasteiger charge is -2.00. The highest BCUT2D eigenvalue weighted by Crippen LogP contribution is 2.08. The maximum Gasteiger partial charge on any atom is 0.303 e. The molecule has 1 N–H and O–H groups in total. The van der Waals surface area contributed by atoms with Crippen LogP contribution in [-0.4, -0.2) is 11.1 Å². The number of allylic oxidation sites excluding steroid dienone is 4. The first kappa shape index (κ1) is 19.9. The smallest absolute Gasteiger partial charge is 0.303 e. The number of aliphatic carboxylic acids is 1. The first-order valence-electron chi connectivity index (χ1n) is 8.64. The molecule has 122 valence electrons. The molecule has 0 aromatic carbocycles. The standard InChI is InChI=1S/C19H34O2/c1-18(2)16-14-12-10-8-6-4-3-5-7-9-11-13-15-17-19(20)21/h3-4,8,10,18H,5-7,9,11-17H2,1-2H3,(H,20,21)/b4-3-,10-8-. The molecule has 0 spiro atoms. The summed E-state index contributed by atoms with van der Waals surface area (Å²) in [6.45, 7) is 4.55. The molecule has 0 radical (unpaired) electrons. The van der Waals surface area contributed by atoms with E-state index in [1.807, 2.05) is 0 Å². The quantitative estimate of drug-likeness (QED) is 0.309. The van der Waals surface area contributed by atoms with E-state index in [-0.39, 0.29) is 0 Å².